The molecular weight excluding hydrogens is 218 g/mol. The largest absolute Gasteiger partial charge is 0.317 e. The molecule has 0 amide bonds. The van der Waals surface area contributed by atoms with E-state index in [2.05, 4.69) is 40.1 Å². The van der Waals surface area contributed by atoms with E-state index in [9.17, 15) is 0 Å². The molecule has 0 radical (unpaired) electrons. The Morgan fingerprint density at radius 3 is 2.44 bits per heavy atom. The Hall–Kier alpha value is -0.0400. The third kappa shape index (κ3) is 4.91. The molecule has 1 nitrogen and oxygen atoms in total. The van der Waals surface area contributed by atoms with Crippen molar-refractivity contribution in [2.45, 2.75) is 78.7 Å². The topological polar surface area (TPSA) is 12.0 Å². The summed E-state index contributed by atoms with van der Waals surface area (Å²) in [6, 6.07) is 0.731. The fraction of sp³-hybridized carbons (Fsp3) is 1.00. The Kier molecular flexibility index (Phi) is 7.29. The van der Waals surface area contributed by atoms with Gasteiger partial charge in [0.25, 0.3) is 0 Å². The number of nitrogens with one attached hydrogen (secondary N) is 1. The second-order valence-corrected chi connectivity index (χ2v) is 6.93. The average molecular weight is 253 g/mol. The minimum atomic E-state index is 0.731. The van der Waals surface area contributed by atoms with Crippen molar-refractivity contribution in [2.75, 3.05) is 7.05 Å². The number of hydrogen-bond acceptors (Lipinski definition) is 1. The first-order valence-electron chi connectivity index (χ1n) is 8.25. The summed E-state index contributed by atoms with van der Waals surface area (Å²) in [6.07, 6.45) is 9.99. The van der Waals surface area contributed by atoms with Gasteiger partial charge < -0.3 is 5.32 Å². The quantitative estimate of drug-likeness (QED) is 0.683. The van der Waals surface area contributed by atoms with E-state index < -0.39 is 0 Å². The normalized spacial score (nSPS) is 28.3. The van der Waals surface area contributed by atoms with Crippen molar-refractivity contribution in [1.82, 2.24) is 5.32 Å². The summed E-state index contributed by atoms with van der Waals surface area (Å²) >= 11 is 0. The second-order valence-electron chi connectivity index (χ2n) is 6.93. The molecule has 1 rings (SSSR count). The molecule has 1 N–H and O–H groups in total. The maximum atomic E-state index is 3.53. The lowest BCUT2D eigenvalue weighted by Gasteiger charge is -2.34. The summed E-state index contributed by atoms with van der Waals surface area (Å²) in [7, 11) is 2.13. The minimum absolute atomic E-state index is 0.731. The summed E-state index contributed by atoms with van der Waals surface area (Å²) in [4.78, 5) is 0. The molecule has 108 valence electrons. The van der Waals surface area contributed by atoms with Gasteiger partial charge in [-0.15, -0.1) is 0 Å². The van der Waals surface area contributed by atoms with E-state index in [-0.39, 0.29) is 0 Å². The maximum absolute atomic E-state index is 3.53. The Bertz CT molecular complexity index is 212. The van der Waals surface area contributed by atoms with Gasteiger partial charge in [-0.3, -0.25) is 0 Å². The predicted molar refractivity (Wildman–Crippen MR) is 81.8 cm³/mol. The Balaban J connectivity index is 2.40. The van der Waals surface area contributed by atoms with E-state index in [1.54, 1.807) is 0 Å². The highest BCUT2D eigenvalue weighted by molar-refractivity contribution is 4.80. The lowest BCUT2D eigenvalue weighted by Crippen LogP contribution is -2.34. The molecule has 4 atom stereocenters. The SMILES string of the molecule is CCCC(NC)C(C)CC1CCCC(C(C)C)C1. The molecular formula is C17H35N. The highest BCUT2D eigenvalue weighted by Crippen LogP contribution is 2.37. The molecule has 1 saturated carbocycles. The Morgan fingerprint density at radius 1 is 1.17 bits per heavy atom. The third-order valence-corrected chi connectivity index (χ3v) is 5.13. The van der Waals surface area contributed by atoms with E-state index in [1.165, 1.54) is 44.9 Å². The average Bonchev–Trinajstić information content (AvgIpc) is 2.36. The van der Waals surface area contributed by atoms with E-state index >= 15 is 0 Å². The second kappa shape index (κ2) is 8.19. The molecule has 0 saturated heterocycles. The standard InChI is InChI=1S/C17H35N/c1-6-8-17(18-5)14(4)11-15-9-7-10-16(12-15)13(2)3/h13-18H,6-12H2,1-5H3. The number of rotatable bonds is 7. The zero-order chi connectivity index (χ0) is 13.5. The van der Waals surface area contributed by atoms with Crippen molar-refractivity contribution < 1.29 is 0 Å². The lowest BCUT2D eigenvalue weighted by molar-refractivity contribution is 0.179. The van der Waals surface area contributed by atoms with Crippen molar-refractivity contribution in [1.29, 1.82) is 0 Å². The highest BCUT2D eigenvalue weighted by Gasteiger charge is 2.26. The van der Waals surface area contributed by atoms with Crippen LogP contribution in [0.3, 0.4) is 0 Å². The van der Waals surface area contributed by atoms with Crippen LogP contribution in [0, 0.1) is 23.7 Å². The van der Waals surface area contributed by atoms with Gasteiger partial charge in [-0.25, -0.2) is 0 Å². The maximum Gasteiger partial charge on any atom is 0.00896 e. The van der Waals surface area contributed by atoms with Crippen LogP contribution in [0.4, 0.5) is 0 Å². The van der Waals surface area contributed by atoms with Gasteiger partial charge in [0.05, 0.1) is 0 Å². The summed E-state index contributed by atoms with van der Waals surface area (Å²) < 4.78 is 0. The van der Waals surface area contributed by atoms with Crippen LogP contribution in [0.2, 0.25) is 0 Å². The first-order valence-corrected chi connectivity index (χ1v) is 8.25. The first kappa shape index (κ1) is 16.0. The predicted octanol–water partition coefficient (Wildman–Crippen LogP) is 4.86. The Morgan fingerprint density at radius 2 is 1.89 bits per heavy atom. The molecule has 0 heterocycles. The molecule has 1 heteroatoms. The third-order valence-electron chi connectivity index (χ3n) is 5.13. The van der Waals surface area contributed by atoms with Crippen LogP contribution < -0.4 is 5.32 Å². The van der Waals surface area contributed by atoms with Gasteiger partial charge in [0.15, 0.2) is 0 Å². The van der Waals surface area contributed by atoms with Crippen LogP contribution in [0.25, 0.3) is 0 Å². The van der Waals surface area contributed by atoms with Gasteiger partial charge in [0, 0.05) is 6.04 Å². The van der Waals surface area contributed by atoms with E-state index in [0.717, 1.165) is 29.7 Å². The van der Waals surface area contributed by atoms with Gasteiger partial charge in [0.2, 0.25) is 0 Å². The lowest BCUT2D eigenvalue weighted by atomic mass is 9.73. The summed E-state index contributed by atoms with van der Waals surface area (Å²) in [5.74, 6) is 3.72. The molecule has 0 aliphatic heterocycles. The van der Waals surface area contributed by atoms with Gasteiger partial charge in [-0.2, -0.15) is 0 Å². The molecule has 1 aliphatic rings. The van der Waals surface area contributed by atoms with Crippen LogP contribution >= 0.6 is 0 Å². The summed E-state index contributed by atoms with van der Waals surface area (Å²) in [5, 5.41) is 3.53. The van der Waals surface area contributed by atoms with Gasteiger partial charge in [-0.1, -0.05) is 53.4 Å². The van der Waals surface area contributed by atoms with Gasteiger partial charge >= 0.3 is 0 Å². The Labute approximate surface area is 115 Å². The van der Waals surface area contributed by atoms with Gasteiger partial charge in [-0.05, 0) is 50.0 Å². The zero-order valence-corrected chi connectivity index (χ0v) is 13.3. The monoisotopic (exact) mass is 253 g/mol. The number of hydrogen-bond donors (Lipinski definition) is 1. The molecule has 0 aromatic heterocycles. The van der Waals surface area contributed by atoms with Crippen LogP contribution in [-0.4, -0.2) is 13.1 Å². The molecule has 1 fully saturated rings. The van der Waals surface area contributed by atoms with E-state index in [1.807, 2.05) is 0 Å². The molecule has 1 aliphatic carbocycles. The molecule has 0 aromatic carbocycles. The van der Waals surface area contributed by atoms with E-state index in [0.29, 0.717) is 0 Å². The van der Waals surface area contributed by atoms with Crippen LogP contribution in [-0.2, 0) is 0 Å². The zero-order valence-electron chi connectivity index (χ0n) is 13.3. The van der Waals surface area contributed by atoms with Crippen molar-refractivity contribution >= 4 is 0 Å². The minimum Gasteiger partial charge on any atom is -0.317 e. The first-order chi connectivity index (χ1) is 8.58. The van der Waals surface area contributed by atoms with Crippen LogP contribution in [0.15, 0.2) is 0 Å². The van der Waals surface area contributed by atoms with Crippen molar-refractivity contribution in [3.63, 3.8) is 0 Å². The summed E-state index contributed by atoms with van der Waals surface area (Å²) in [5.41, 5.74) is 0. The van der Waals surface area contributed by atoms with Crippen LogP contribution in [0.5, 0.6) is 0 Å². The molecule has 18 heavy (non-hydrogen) atoms. The van der Waals surface area contributed by atoms with Crippen molar-refractivity contribution in [3.05, 3.63) is 0 Å². The van der Waals surface area contributed by atoms with Gasteiger partial charge in [0.1, 0.15) is 0 Å². The van der Waals surface area contributed by atoms with Crippen LogP contribution in [0.1, 0.15) is 72.6 Å². The van der Waals surface area contributed by atoms with E-state index in [4.69, 9.17) is 0 Å². The fourth-order valence-electron chi connectivity index (χ4n) is 3.87. The molecule has 0 spiro atoms. The van der Waals surface area contributed by atoms with Crippen molar-refractivity contribution in [2.24, 2.45) is 23.7 Å². The highest BCUT2D eigenvalue weighted by atomic mass is 14.9. The molecule has 4 unspecified atom stereocenters. The molecule has 0 aromatic rings. The van der Waals surface area contributed by atoms with Crippen molar-refractivity contribution in [3.8, 4) is 0 Å². The fourth-order valence-corrected chi connectivity index (χ4v) is 3.87. The molecule has 0 bridgehead atoms. The smallest absolute Gasteiger partial charge is 0.00896 e. The summed E-state index contributed by atoms with van der Waals surface area (Å²) in [6.45, 7) is 9.57.